The van der Waals surface area contributed by atoms with E-state index in [1.165, 1.54) is 25.8 Å². The first-order valence-electron chi connectivity index (χ1n) is 5.53. The summed E-state index contributed by atoms with van der Waals surface area (Å²) >= 11 is 3.92. The molecule has 0 saturated carbocycles. The summed E-state index contributed by atoms with van der Waals surface area (Å²) in [4.78, 5) is 0. The van der Waals surface area contributed by atoms with Crippen LogP contribution in [-0.2, 0) is 24.7 Å². The van der Waals surface area contributed by atoms with Crippen LogP contribution >= 0.6 is 22.6 Å². The van der Waals surface area contributed by atoms with Crippen LogP contribution in [0.5, 0.6) is 0 Å². The SMILES string of the molecule is [Cl-].[Cl-].[Cl-].[Zr+3][CH]1C(c2ccc(I)cc2)=Cc2ccccc21. The number of hydrogen-bond acceptors (Lipinski definition) is 0. The fraction of sp³-hybridized carbons (Fsp3) is 0.0667. The van der Waals surface area contributed by atoms with Gasteiger partial charge in [-0.1, -0.05) is 0 Å². The summed E-state index contributed by atoms with van der Waals surface area (Å²) in [5.74, 6) is 0. The van der Waals surface area contributed by atoms with E-state index in [4.69, 9.17) is 0 Å². The van der Waals surface area contributed by atoms with Crippen molar-refractivity contribution >= 4 is 34.2 Å². The molecule has 5 heteroatoms. The monoisotopic (exact) mass is 512 g/mol. The van der Waals surface area contributed by atoms with Crippen LogP contribution in [0.15, 0.2) is 48.5 Å². The van der Waals surface area contributed by atoms with E-state index >= 15 is 0 Å². The summed E-state index contributed by atoms with van der Waals surface area (Å²) in [6, 6.07) is 17.6. The van der Waals surface area contributed by atoms with Crippen LogP contribution in [0.3, 0.4) is 0 Å². The van der Waals surface area contributed by atoms with E-state index in [-0.39, 0.29) is 37.2 Å². The van der Waals surface area contributed by atoms with Crippen LogP contribution in [-0.4, -0.2) is 0 Å². The quantitative estimate of drug-likeness (QED) is 0.337. The second-order valence-corrected chi connectivity index (χ2v) is 6.83. The molecule has 0 saturated heterocycles. The molecule has 3 rings (SSSR count). The Hall–Kier alpha value is 0.663. The predicted octanol–water partition coefficient (Wildman–Crippen LogP) is -4.55. The van der Waals surface area contributed by atoms with Gasteiger partial charge in [-0.3, -0.25) is 0 Å². The molecule has 0 fully saturated rings. The molecule has 1 atom stereocenters. The predicted molar refractivity (Wildman–Crippen MR) is 76.2 cm³/mol. The van der Waals surface area contributed by atoms with Crippen molar-refractivity contribution in [2.75, 3.05) is 0 Å². The molecule has 0 nitrogen and oxygen atoms in total. The first-order valence-corrected chi connectivity index (χ1v) is 8.03. The van der Waals surface area contributed by atoms with E-state index in [1.807, 2.05) is 0 Å². The van der Waals surface area contributed by atoms with E-state index in [0.29, 0.717) is 3.63 Å². The Morgan fingerprint density at radius 3 is 2.05 bits per heavy atom. The van der Waals surface area contributed by atoms with Crippen molar-refractivity contribution in [1.29, 1.82) is 0 Å². The Labute approximate surface area is 167 Å². The van der Waals surface area contributed by atoms with Crippen LogP contribution < -0.4 is 37.2 Å². The summed E-state index contributed by atoms with van der Waals surface area (Å²) in [6.45, 7) is 0. The molecule has 0 aromatic heterocycles. The Morgan fingerprint density at radius 2 is 1.45 bits per heavy atom. The van der Waals surface area contributed by atoms with E-state index in [0.717, 1.165) is 0 Å². The average Bonchev–Trinajstić information content (AvgIpc) is 2.69. The van der Waals surface area contributed by atoms with E-state index in [1.54, 1.807) is 24.7 Å². The van der Waals surface area contributed by atoms with Gasteiger partial charge in [0, 0.05) is 0 Å². The number of halogens is 4. The normalized spacial score (nSPS) is 15.2. The van der Waals surface area contributed by atoms with Crippen molar-refractivity contribution in [1.82, 2.24) is 0 Å². The van der Waals surface area contributed by atoms with Crippen molar-refractivity contribution in [2.24, 2.45) is 0 Å². The number of benzene rings is 2. The Bertz CT molecular complexity index is 596. The molecule has 0 amide bonds. The van der Waals surface area contributed by atoms with Gasteiger partial charge in [0.1, 0.15) is 0 Å². The van der Waals surface area contributed by atoms with Crippen molar-refractivity contribution in [3.05, 3.63) is 68.8 Å². The van der Waals surface area contributed by atoms with E-state index in [2.05, 4.69) is 77.2 Å². The molecule has 102 valence electrons. The molecule has 0 heterocycles. The average molecular weight is 515 g/mol. The minimum atomic E-state index is 0. The molecule has 0 radical (unpaired) electrons. The number of fused-ring (bicyclic) bond motifs is 1. The van der Waals surface area contributed by atoms with Gasteiger partial charge < -0.3 is 37.2 Å². The standard InChI is InChI=1S/C15H10I.3ClH.Zr/c16-15-7-5-11(6-8-15)14-9-12-3-1-2-4-13(12)10-14;;;;/h1-10H;3*1H;/q;;;;+3/p-3. The molecule has 2 aromatic carbocycles. The molecule has 0 aliphatic heterocycles. The number of hydrogen-bond donors (Lipinski definition) is 0. The summed E-state index contributed by atoms with van der Waals surface area (Å²) in [5.41, 5.74) is 5.71. The van der Waals surface area contributed by atoms with Gasteiger partial charge in [-0.2, -0.15) is 0 Å². The van der Waals surface area contributed by atoms with Crippen molar-refractivity contribution in [3.63, 3.8) is 0 Å². The van der Waals surface area contributed by atoms with E-state index < -0.39 is 0 Å². The molecule has 1 aliphatic rings. The van der Waals surface area contributed by atoms with Crippen LogP contribution in [0.2, 0.25) is 0 Å². The maximum absolute atomic E-state index is 2.35. The Kier molecular flexibility index (Phi) is 9.25. The minimum absolute atomic E-state index is 0. The fourth-order valence-corrected chi connectivity index (χ4v) is 3.84. The molecule has 2 aromatic rings. The van der Waals surface area contributed by atoms with Gasteiger partial charge in [-0.25, -0.2) is 0 Å². The summed E-state index contributed by atoms with van der Waals surface area (Å²) in [6.07, 6.45) is 2.34. The zero-order valence-electron chi connectivity index (χ0n) is 10.3. The van der Waals surface area contributed by atoms with Gasteiger partial charge in [-0.05, 0) is 0 Å². The van der Waals surface area contributed by atoms with Crippen LogP contribution in [0.25, 0.3) is 11.6 Å². The molecular formula is C15H10Cl3IZr. The van der Waals surface area contributed by atoms with Gasteiger partial charge in [0.15, 0.2) is 0 Å². The second-order valence-electron chi connectivity index (χ2n) is 4.17. The van der Waals surface area contributed by atoms with Crippen molar-refractivity contribution in [3.8, 4) is 0 Å². The maximum atomic E-state index is 2.35. The second kappa shape index (κ2) is 8.95. The third-order valence-electron chi connectivity index (χ3n) is 3.11. The first kappa shape index (κ1) is 20.7. The van der Waals surface area contributed by atoms with Crippen LogP contribution in [0.4, 0.5) is 0 Å². The number of allylic oxidation sites excluding steroid dienone is 1. The summed E-state index contributed by atoms with van der Waals surface area (Å²) in [7, 11) is 0. The van der Waals surface area contributed by atoms with Crippen LogP contribution in [0, 0.1) is 3.57 Å². The molecule has 0 N–H and O–H groups in total. The van der Waals surface area contributed by atoms with Gasteiger partial charge in [0.2, 0.25) is 0 Å². The molecule has 1 unspecified atom stereocenters. The van der Waals surface area contributed by atoms with E-state index in [9.17, 15) is 0 Å². The summed E-state index contributed by atoms with van der Waals surface area (Å²) in [5, 5.41) is 0. The topological polar surface area (TPSA) is 0 Å². The molecular weight excluding hydrogens is 505 g/mol. The Balaban J connectivity index is 0.00000120. The summed E-state index contributed by atoms with van der Waals surface area (Å²) < 4.78 is 1.89. The zero-order chi connectivity index (χ0) is 11.8. The fourth-order valence-electron chi connectivity index (χ4n) is 2.22. The molecule has 0 spiro atoms. The third kappa shape index (κ3) is 4.10. The zero-order valence-corrected chi connectivity index (χ0v) is 17.2. The van der Waals surface area contributed by atoms with Gasteiger partial charge >= 0.3 is 131 Å². The van der Waals surface area contributed by atoms with Crippen molar-refractivity contribution < 1.29 is 61.9 Å². The van der Waals surface area contributed by atoms with Crippen molar-refractivity contribution in [2.45, 2.75) is 3.63 Å². The molecule has 0 bridgehead atoms. The van der Waals surface area contributed by atoms with Gasteiger partial charge in [-0.15, -0.1) is 0 Å². The Morgan fingerprint density at radius 1 is 0.850 bits per heavy atom. The third-order valence-corrected chi connectivity index (χ3v) is 5.35. The molecule has 1 aliphatic carbocycles. The van der Waals surface area contributed by atoms with Gasteiger partial charge in [0.05, 0.1) is 0 Å². The van der Waals surface area contributed by atoms with Gasteiger partial charge in [0.25, 0.3) is 0 Å². The van der Waals surface area contributed by atoms with Crippen LogP contribution in [0.1, 0.15) is 20.3 Å². The number of rotatable bonds is 1. The molecule has 20 heavy (non-hydrogen) atoms. The first-order chi connectivity index (χ1) is 8.25.